The predicted octanol–water partition coefficient (Wildman–Crippen LogP) is 2.68. The second-order valence-corrected chi connectivity index (χ2v) is 6.03. The summed E-state index contributed by atoms with van der Waals surface area (Å²) in [4.78, 5) is 11.7. The molecule has 1 fully saturated rings. The molecular formula is C15H24O3. The standard InChI is InChI=1S/C15H24O3/c1-9-4-6-12-11(3)15(17)18-14(12)8-10(2)13(16)7-5-9/h5,10-14,16H,4,6-8H2,1-3H3/b9-5-/t10-,11+,12-,13+,14+/m0/s1. The van der Waals surface area contributed by atoms with E-state index in [4.69, 9.17) is 4.74 Å². The van der Waals surface area contributed by atoms with Crippen LogP contribution in [0.25, 0.3) is 0 Å². The van der Waals surface area contributed by atoms with E-state index >= 15 is 0 Å². The molecular weight excluding hydrogens is 228 g/mol. The maximum atomic E-state index is 11.7. The molecule has 0 unspecified atom stereocenters. The van der Waals surface area contributed by atoms with E-state index in [1.165, 1.54) is 5.57 Å². The molecule has 0 aromatic heterocycles. The zero-order valence-corrected chi connectivity index (χ0v) is 11.6. The van der Waals surface area contributed by atoms with Gasteiger partial charge in [0, 0.05) is 5.92 Å². The van der Waals surface area contributed by atoms with Gasteiger partial charge in [0.05, 0.1) is 12.0 Å². The zero-order valence-electron chi connectivity index (χ0n) is 11.6. The topological polar surface area (TPSA) is 46.5 Å². The first-order chi connectivity index (χ1) is 8.49. The first-order valence-electron chi connectivity index (χ1n) is 7.03. The van der Waals surface area contributed by atoms with Crippen LogP contribution in [0.15, 0.2) is 11.6 Å². The Morgan fingerprint density at radius 3 is 2.83 bits per heavy atom. The van der Waals surface area contributed by atoms with Gasteiger partial charge in [-0.3, -0.25) is 4.79 Å². The van der Waals surface area contributed by atoms with Crippen LogP contribution in [0, 0.1) is 17.8 Å². The molecule has 3 heteroatoms. The van der Waals surface area contributed by atoms with Gasteiger partial charge in [-0.2, -0.15) is 0 Å². The fourth-order valence-electron chi connectivity index (χ4n) is 3.07. The third kappa shape index (κ3) is 2.77. The molecule has 0 aromatic carbocycles. The number of aliphatic hydroxyl groups is 1. The van der Waals surface area contributed by atoms with Gasteiger partial charge >= 0.3 is 5.97 Å². The van der Waals surface area contributed by atoms with Gasteiger partial charge in [0.1, 0.15) is 6.10 Å². The molecule has 0 saturated carbocycles. The van der Waals surface area contributed by atoms with Crippen LogP contribution in [-0.4, -0.2) is 23.3 Å². The highest BCUT2D eigenvalue weighted by atomic mass is 16.6. The van der Waals surface area contributed by atoms with Crippen LogP contribution in [0.3, 0.4) is 0 Å². The number of hydrogen-bond donors (Lipinski definition) is 1. The molecule has 2 aliphatic rings. The fourth-order valence-corrected chi connectivity index (χ4v) is 3.07. The molecule has 5 atom stereocenters. The van der Waals surface area contributed by atoms with Crippen molar-refractivity contribution in [3.63, 3.8) is 0 Å². The van der Waals surface area contributed by atoms with Crippen molar-refractivity contribution in [3.05, 3.63) is 11.6 Å². The van der Waals surface area contributed by atoms with E-state index in [1.54, 1.807) is 0 Å². The summed E-state index contributed by atoms with van der Waals surface area (Å²) in [6.07, 6.45) is 5.34. The summed E-state index contributed by atoms with van der Waals surface area (Å²) in [5.74, 6) is 0.436. The summed E-state index contributed by atoms with van der Waals surface area (Å²) in [5, 5.41) is 10.1. The number of aliphatic hydroxyl groups excluding tert-OH is 1. The van der Waals surface area contributed by atoms with E-state index < -0.39 is 0 Å². The monoisotopic (exact) mass is 252 g/mol. The quantitative estimate of drug-likeness (QED) is 0.532. The van der Waals surface area contributed by atoms with Gasteiger partial charge in [-0.1, -0.05) is 25.5 Å². The lowest BCUT2D eigenvalue weighted by atomic mass is 9.81. The van der Waals surface area contributed by atoms with Crippen LogP contribution in [-0.2, 0) is 9.53 Å². The van der Waals surface area contributed by atoms with E-state index in [-0.39, 0.29) is 30.0 Å². The van der Waals surface area contributed by atoms with Crippen LogP contribution >= 0.6 is 0 Å². The second kappa shape index (κ2) is 5.43. The number of ether oxygens (including phenoxy) is 1. The summed E-state index contributed by atoms with van der Waals surface area (Å²) in [6, 6.07) is 0. The molecule has 0 spiro atoms. The molecule has 0 aromatic rings. The van der Waals surface area contributed by atoms with Crippen molar-refractivity contribution in [1.29, 1.82) is 0 Å². The molecule has 1 N–H and O–H groups in total. The Hall–Kier alpha value is -0.830. The number of rotatable bonds is 0. The van der Waals surface area contributed by atoms with Crippen LogP contribution < -0.4 is 0 Å². The van der Waals surface area contributed by atoms with Crippen molar-refractivity contribution >= 4 is 5.97 Å². The Labute approximate surface area is 109 Å². The molecule has 0 bridgehead atoms. The highest BCUT2D eigenvalue weighted by molar-refractivity contribution is 5.74. The largest absolute Gasteiger partial charge is 0.462 e. The average Bonchev–Trinajstić information content (AvgIpc) is 2.59. The Morgan fingerprint density at radius 1 is 1.39 bits per heavy atom. The molecule has 3 nitrogen and oxygen atoms in total. The summed E-state index contributed by atoms with van der Waals surface area (Å²) < 4.78 is 5.49. The molecule has 102 valence electrons. The summed E-state index contributed by atoms with van der Waals surface area (Å²) >= 11 is 0. The van der Waals surface area contributed by atoms with Crippen molar-refractivity contribution in [3.8, 4) is 0 Å². The molecule has 1 aliphatic carbocycles. The Bertz CT molecular complexity index is 348. The first-order valence-corrected chi connectivity index (χ1v) is 7.03. The maximum absolute atomic E-state index is 11.7. The maximum Gasteiger partial charge on any atom is 0.309 e. The molecule has 2 rings (SSSR count). The van der Waals surface area contributed by atoms with Gasteiger partial charge in [-0.25, -0.2) is 0 Å². The minimum Gasteiger partial charge on any atom is -0.462 e. The zero-order chi connectivity index (χ0) is 13.3. The van der Waals surface area contributed by atoms with Crippen molar-refractivity contribution < 1.29 is 14.6 Å². The molecule has 0 amide bonds. The van der Waals surface area contributed by atoms with Crippen LogP contribution in [0.1, 0.15) is 46.5 Å². The van der Waals surface area contributed by atoms with E-state index in [0.717, 1.165) is 19.3 Å². The predicted molar refractivity (Wildman–Crippen MR) is 69.9 cm³/mol. The van der Waals surface area contributed by atoms with Crippen molar-refractivity contribution in [2.75, 3.05) is 0 Å². The van der Waals surface area contributed by atoms with Gasteiger partial charge in [-0.15, -0.1) is 0 Å². The van der Waals surface area contributed by atoms with E-state index in [0.29, 0.717) is 12.3 Å². The normalized spacial score (nSPS) is 44.8. The number of hydrogen-bond acceptors (Lipinski definition) is 3. The fraction of sp³-hybridized carbons (Fsp3) is 0.800. The van der Waals surface area contributed by atoms with Crippen LogP contribution in [0.2, 0.25) is 0 Å². The smallest absolute Gasteiger partial charge is 0.309 e. The van der Waals surface area contributed by atoms with Crippen molar-refractivity contribution in [2.45, 2.75) is 58.7 Å². The van der Waals surface area contributed by atoms with Gasteiger partial charge < -0.3 is 9.84 Å². The number of esters is 1. The molecule has 0 radical (unpaired) electrons. The minimum absolute atomic E-state index is 0.00282. The molecule has 1 heterocycles. The van der Waals surface area contributed by atoms with E-state index in [2.05, 4.69) is 13.0 Å². The third-order valence-electron chi connectivity index (χ3n) is 4.60. The molecule has 1 saturated heterocycles. The number of fused-ring (bicyclic) bond motifs is 1. The molecule has 18 heavy (non-hydrogen) atoms. The lowest BCUT2D eigenvalue weighted by Crippen LogP contribution is -2.27. The Kier molecular flexibility index (Phi) is 4.10. The lowest BCUT2D eigenvalue weighted by Gasteiger charge is -2.26. The number of carbonyl (C=O) groups excluding carboxylic acids is 1. The van der Waals surface area contributed by atoms with Crippen molar-refractivity contribution in [1.82, 2.24) is 0 Å². The third-order valence-corrected chi connectivity index (χ3v) is 4.60. The second-order valence-electron chi connectivity index (χ2n) is 6.03. The lowest BCUT2D eigenvalue weighted by molar-refractivity contribution is -0.144. The van der Waals surface area contributed by atoms with Gasteiger partial charge in [0.15, 0.2) is 0 Å². The number of carbonyl (C=O) groups is 1. The van der Waals surface area contributed by atoms with Gasteiger partial charge in [-0.05, 0) is 38.5 Å². The van der Waals surface area contributed by atoms with E-state index in [9.17, 15) is 9.90 Å². The van der Waals surface area contributed by atoms with Crippen LogP contribution in [0.5, 0.6) is 0 Å². The first kappa shape index (κ1) is 13.6. The SMILES string of the molecule is C/C1=C/C[C@@H](O)[C@@H](C)C[C@H]2OC(=O)[C@H](C)[C@@H]2CC1. The Balaban J connectivity index is 2.17. The molecule has 1 aliphatic heterocycles. The minimum atomic E-state index is -0.326. The highest BCUT2D eigenvalue weighted by Crippen LogP contribution is 2.37. The average molecular weight is 252 g/mol. The Morgan fingerprint density at radius 2 is 2.11 bits per heavy atom. The summed E-state index contributed by atoms with van der Waals surface area (Å²) in [7, 11) is 0. The van der Waals surface area contributed by atoms with E-state index in [1.807, 2.05) is 13.8 Å². The number of allylic oxidation sites excluding steroid dienone is 1. The van der Waals surface area contributed by atoms with Gasteiger partial charge in [0.25, 0.3) is 0 Å². The summed E-state index contributed by atoms with van der Waals surface area (Å²) in [5.41, 5.74) is 1.31. The van der Waals surface area contributed by atoms with Crippen LogP contribution in [0.4, 0.5) is 0 Å². The van der Waals surface area contributed by atoms with Crippen molar-refractivity contribution in [2.24, 2.45) is 17.8 Å². The summed E-state index contributed by atoms with van der Waals surface area (Å²) in [6.45, 7) is 6.12. The van der Waals surface area contributed by atoms with Gasteiger partial charge in [0.2, 0.25) is 0 Å². The highest BCUT2D eigenvalue weighted by Gasteiger charge is 2.42.